The van der Waals surface area contributed by atoms with Crippen molar-refractivity contribution in [1.29, 1.82) is 5.26 Å². The molecule has 1 unspecified atom stereocenters. The maximum absolute atomic E-state index is 9.49. The second kappa shape index (κ2) is 5.63. The highest BCUT2D eigenvalue weighted by atomic mass is 79.9. The molecule has 3 nitrogen and oxygen atoms in total. The highest BCUT2D eigenvalue weighted by Gasteiger charge is 2.26. The molecule has 0 aliphatic carbocycles. The molecule has 1 aliphatic rings. The van der Waals surface area contributed by atoms with Crippen molar-refractivity contribution in [3.63, 3.8) is 0 Å². The van der Waals surface area contributed by atoms with E-state index < -0.39 is 0 Å². The first-order valence-corrected chi connectivity index (χ1v) is 6.58. The Morgan fingerprint density at radius 2 is 2.00 bits per heavy atom. The SMILES string of the molecule is N#CC(c1ccccc1Br)N1CCC(O)CC1. The van der Waals surface area contributed by atoms with Crippen molar-refractivity contribution in [3.05, 3.63) is 34.3 Å². The third-order valence-corrected chi connectivity index (χ3v) is 3.91. The first-order valence-electron chi connectivity index (χ1n) is 5.78. The lowest BCUT2D eigenvalue weighted by atomic mass is 10.0. The number of benzene rings is 1. The first-order chi connectivity index (χ1) is 8.22. The van der Waals surface area contributed by atoms with Crippen molar-refractivity contribution in [2.75, 3.05) is 13.1 Å². The average Bonchev–Trinajstić information content (AvgIpc) is 2.35. The second-order valence-corrected chi connectivity index (χ2v) is 5.17. The summed E-state index contributed by atoms with van der Waals surface area (Å²) >= 11 is 3.49. The fourth-order valence-electron chi connectivity index (χ4n) is 2.19. The lowest BCUT2D eigenvalue weighted by Gasteiger charge is -2.33. The van der Waals surface area contributed by atoms with E-state index >= 15 is 0 Å². The van der Waals surface area contributed by atoms with E-state index in [9.17, 15) is 10.4 Å². The van der Waals surface area contributed by atoms with Crippen LogP contribution in [-0.4, -0.2) is 29.2 Å². The Hall–Kier alpha value is -0.890. The summed E-state index contributed by atoms with van der Waals surface area (Å²) in [7, 11) is 0. The maximum atomic E-state index is 9.49. The largest absolute Gasteiger partial charge is 0.393 e. The Labute approximate surface area is 110 Å². The van der Waals surface area contributed by atoms with Crippen LogP contribution >= 0.6 is 15.9 Å². The van der Waals surface area contributed by atoms with E-state index in [2.05, 4.69) is 26.9 Å². The van der Waals surface area contributed by atoms with E-state index in [1.165, 1.54) is 0 Å². The third-order valence-electron chi connectivity index (χ3n) is 3.19. The number of nitriles is 1. The molecule has 1 aromatic carbocycles. The smallest absolute Gasteiger partial charge is 0.124 e. The van der Waals surface area contributed by atoms with Gasteiger partial charge in [0.2, 0.25) is 0 Å². The number of aliphatic hydroxyl groups is 1. The minimum Gasteiger partial charge on any atom is -0.393 e. The topological polar surface area (TPSA) is 47.3 Å². The van der Waals surface area contributed by atoms with Gasteiger partial charge in [0.1, 0.15) is 6.04 Å². The molecule has 1 atom stereocenters. The molecule has 2 rings (SSSR count). The molecule has 90 valence electrons. The van der Waals surface area contributed by atoms with Gasteiger partial charge < -0.3 is 5.11 Å². The predicted octanol–water partition coefficient (Wildman–Crippen LogP) is 2.47. The summed E-state index contributed by atoms with van der Waals surface area (Å²) in [5.41, 5.74) is 1.01. The fraction of sp³-hybridized carbons (Fsp3) is 0.462. The van der Waals surface area contributed by atoms with Crippen LogP contribution in [0.2, 0.25) is 0 Å². The van der Waals surface area contributed by atoms with Crippen LogP contribution in [0.25, 0.3) is 0 Å². The zero-order valence-corrected chi connectivity index (χ0v) is 11.1. The zero-order valence-electron chi connectivity index (χ0n) is 9.51. The Morgan fingerprint density at radius 1 is 1.35 bits per heavy atom. The van der Waals surface area contributed by atoms with Crippen LogP contribution in [0.1, 0.15) is 24.4 Å². The molecular formula is C13H15BrN2O. The lowest BCUT2D eigenvalue weighted by Crippen LogP contribution is -2.38. The number of halogens is 1. The Bertz CT molecular complexity index is 422. The lowest BCUT2D eigenvalue weighted by molar-refractivity contribution is 0.0715. The molecule has 17 heavy (non-hydrogen) atoms. The number of nitrogens with zero attached hydrogens (tertiary/aromatic N) is 2. The van der Waals surface area contributed by atoms with E-state index in [0.717, 1.165) is 36.0 Å². The van der Waals surface area contributed by atoms with Gasteiger partial charge in [0.05, 0.1) is 12.2 Å². The molecule has 1 aromatic rings. The van der Waals surface area contributed by atoms with Gasteiger partial charge in [-0.1, -0.05) is 34.1 Å². The summed E-state index contributed by atoms with van der Waals surface area (Å²) in [6.45, 7) is 1.56. The number of piperidine rings is 1. The molecule has 1 fully saturated rings. The van der Waals surface area contributed by atoms with Gasteiger partial charge >= 0.3 is 0 Å². The molecular weight excluding hydrogens is 280 g/mol. The number of hydrogen-bond acceptors (Lipinski definition) is 3. The van der Waals surface area contributed by atoms with Crippen molar-refractivity contribution in [1.82, 2.24) is 4.90 Å². The Kier molecular flexibility index (Phi) is 4.16. The van der Waals surface area contributed by atoms with Gasteiger partial charge in [-0.25, -0.2) is 0 Å². The quantitative estimate of drug-likeness (QED) is 0.911. The molecule has 0 spiro atoms. The normalized spacial score (nSPS) is 19.8. The van der Waals surface area contributed by atoms with E-state index in [1.807, 2.05) is 24.3 Å². The average molecular weight is 295 g/mol. The summed E-state index contributed by atoms with van der Waals surface area (Å²) in [6.07, 6.45) is 1.30. The fourth-order valence-corrected chi connectivity index (χ4v) is 2.69. The summed E-state index contributed by atoms with van der Waals surface area (Å²) < 4.78 is 0.970. The zero-order chi connectivity index (χ0) is 12.3. The molecule has 0 saturated carbocycles. The Balaban J connectivity index is 2.18. The standard InChI is InChI=1S/C13H15BrN2O/c14-12-4-2-1-3-11(12)13(9-15)16-7-5-10(17)6-8-16/h1-4,10,13,17H,5-8H2. The van der Waals surface area contributed by atoms with E-state index in [-0.39, 0.29) is 12.1 Å². The van der Waals surface area contributed by atoms with Crippen molar-refractivity contribution in [3.8, 4) is 6.07 Å². The van der Waals surface area contributed by atoms with Crippen LogP contribution in [0.4, 0.5) is 0 Å². The number of likely N-dealkylation sites (tertiary alicyclic amines) is 1. The van der Waals surface area contributed by atoms with E-state index in [4.69, 9.17) is 0 Å². The van der Waals surface area contributed by atoms with E-state index in [1.54, 1.807) is 0 Å². The second-order valence-electron chi connectivity index (χ2n) is 4.32. The van der Waals surface area contributed by atoms with Crippen LogP contribution in [0.3, 0.4) is 0 Å². The monoisotopic (exact) mass is 294 g/mol. The molecule has 0 aromatic heterocycles. The van der Waals surface area contributed by atoms with Crippen LogP contribution in [0, 0.1) is 11.3 Å². The summed E-state index contributed by atoms with van der Waals surface area (Å²) in [5.74, 6) is 0. The van der Waals surface area contributed by atoms with E-state index in [0.29, 0.717) is 0 Å². The number of aliphatic hydroxyl groups excluding tert-OH is 1. The molecule has 1 heterocycles. The van der Waals surface area contributed by atoms with Crippen molar-refractivity contribution < 1.29 is 5.11 Å². The Morgan fingerprint density at radius 3 is 2.59 bits per heavy atom. The molecule has 0 radical (unpaired) electrons. The van der Waals surface area contributed by atoms with Crippen LogP contribution in [0.5, 0.6) is 0 Å². The van der Waals surface area contributed by atoms with Crippen LogP contribution in [-0.2, 0) is 0 Å². The predicted molar refractivity (Wildman–Crippen MR) is 69.3 cm³/mol. The molecule has 1 saturated heterocycles. The molecule has 0 bridgehead atoms. The van der Waals surface area contributed by atoms with Crippen LogP contribution in [0.15, 0.2) is 28.7 Å². The van der Waals surface area contributed by atoms with Gasteiger partial charge in [-0.05, 0) is 24.5 Å². The minimum absolute atomic E-state index is 0.204. The van der Waals surface area contributed by atoms with Gasteiger partial charge in [0.15, 0.2) is 0 Å². The maximum Gasteiger partial charge on any atom is 0.124 e. The van der Waals surface area contributed by atoms with Gasteiger partial charge in [-0.2, -0.15) is 5.26 Å². The van der Waals surface area contributed by atoms with Gasteiger partial charge in [0, 0.05) is 17.6 Å². The molecule has 0 amide bonds. The molecule has 1 N–H and O–H groups in total. The van der Waals surface area contributed by atoms with Gasteiger partial charge in [0.25, 0.3) is 0 Å². The highest BCUT2D eigenvalue weighted by Crippen LogP contribution is 2.29. The number of hydrogen-bond donors (Lipinski definition) is 1. The molecule has 1 aliphatic heterocycles. The number of rotatable bonds is 2. The summed E-state index contributed by atoms with van der Waals surface area (Å²) in [5, 5.41) is 18.8. The first kappa shape index (κ1) is 12.6. The van der Waals surface area contributed by atoms with Gasteiger partial charge in [-0.15, -0.1) is 0 Å². The summed E-state index contributed by atoms with van der Waals surface area (Å²) in [4.78, 5) is 2.13. The minimum atomic E-state index is -0.224. The highest BCUT2D eigenvalue weighted by molar-refractivity contribution is 9.10. The molecule has 4 heteroatoms. The van der Waals surface area contributed by atoms with Crippen LogP contribution < -0.4 is 0 Å². The van der Waals surface area contributed by atoms with Crippen molar-refractivity contribution >= 4 is 15.9 Å². The van der Waals surface area contributed by atoms with Crippen molar-refractivity contribution in [2.24, 2.45) is 0 Å². The third kappa shape index (κ3) is 2.86. The summed E-state index contributed by atoms with van der Waals surface area (Å²) in [6, 6.07) is 9.96. The van der Waals surface area contributed by atoms with Gasteiger partial charge in [-0.3, -0.25) is 4.90 Å². The van der Waals surface area contributed by atoms with Crippen molar-refractivity contribution in [2.45, 2.75) is 25.0 Å².